The summed E-state index contributed by atoms with van der Waals surface area (Å²) in [5.74, 6) is 2.22. The fourth-order valence-electron chi connectivity index (χ4n) is 2.76. The number of amides is 1. The molecule has 1 aromatic carbocycles. The van der Waals surface area contributed by atoms with E-state index < -0.39 is 0 Å². The number of nitrogens with zero attached hydrogens (tertiary/aromatic N) is 4. The highest BCUT2D eigenvalue weighted by molar-refractivity contribution is 5.78. The summed E-state index contributed by atoms with van der Waals surface area (Å²) in [5, 5.41) is 8.35. The molecule has 122 valence electrons. The van der Waals surface area contributed by atoms with E-state index in [2.05, 4.69) is 10.2 Å². The number of fused-ring (bicyclic) bond motifs is 1. The van der Waals surface area contributed by atoms with E-state index in [1.165, 1.54) is 0 Å². The number of ether oxygens (including phenoxy) is 2. The predicted molar refractivity (Wildman–Crippen MR) is 82.8 cm³/mol. The molecular weight excluding hydrogens is 296 g/mol. The Balaban J connectivity index is 1.66. The Bertz CT molecular complexity index is 671. The van der Waals surface area contributed by atoms with Gasteiger partial charge in [0.05, 0.1) is 6.04 Å². The Hall–Kier alpha value is -2.41. The minimum Gasteiger partial charge on any atom is -0.484 e. The van der Waals surface area contributed by atoms with Gasteiger partial charge in [0.15, 0.2) is 18.3 Å². The van der Waals surface area contributed by atoms with Gasteiger partial charge in [-0.2, -0.15) is 0 Å². The zero-order chi connectivity index (χ0) is 16.2. The molecule has 1 aliphatic rings. The van der Waals surface area contributed by atoms with E-state index in [4.69, 9.17) is 9.47 Å². The van der Waals surface area contributed by atoms with Gasteiger partial charge in [-0.3, -0.25) is 4.79 Å². The first-order valence-electron chi connectivity index (χ1n) is 7.59. The molecule has 7 nitrogen and oxygen atoms in total. The first kappa shape index (κ1) is 15.5. The number of carbonyl (C=O) groups is 1. The Labute approximate surface area is 134 Å². The molecule has 7 heteroatoms. The molecule has 1 unspecified atom stereocenters. The van der Waals surface area contributed by atoms with Crippen LogP contribution >= 0.6 is 0 Å². The zero-order valence-electron chi connectivity index (χ0n) is 13.3. The van der Waals surface area contributed by atoms with E-state index >= 15 is 0 Å². The maximum atomic E-state index is 12.4. The van der Waals surface area contributed by atoms with Crippen molar-refractivity contribution in [3.8, 4) is 5.75 Å². The molecule has 2 aromatic rings. The Morgan fingerprint density at radius 1 is 1.26 bits per heavy atom. The van der Waals surface area contributed by atoms with Gasteiger partial charge in [-0.15, -0.1) is 10.2 Å². The number of carbonyl (C=O) groups excluding carboxylic acids is 1. The summed E-state index contributed by atoms with van der Waals surface area (Å²) in [6, 6.07) is 9.20. The maximum Gasteiger partial charge on any atom is 0.261 e. The van der Waals surface area contributed by atoms with Crippen LogP contribution in [0.4, 0.5) is 0 Å². The summed E-state index contributed by atoms with van der Waals surface area (Å²) in [7, 11) is 1.63. The molecule has 0 N–H and O–H groups in total. The highest BCUT2D eigenvalue weighted by Crippen LogP contribution is 2.24. The number of hydrogen-bond acceptors (Lipinski definition) is 5. The van der Waals surface area contributed by atoms with Crippen LogP contribution in [0.15, 0.2) is 30.3 Å². The highest BCUT2D eigenvalue weighted by atomic mass is 16.5. The molecule has 1 amide bonds. The van der Waals surface area contributed by atoms with Gasteiger partial charge in [0.25, 0.3) is 5.91 Å². The number of methoxy groups -OCH3 is 1. The molecule has 23 heavy (non-hydrogen) atoms. The Morgan fingerprint density at radius 3 is 2.78 bits per heavy atom. The van der Waals surface area contributed by atoms with Crippen molar-refractivity contribution in [1.29, 1.82) is 0 Å². The quantitative estimate of drug-likeness (QED) is 0.834. The van der Waals surface area contributed by atoms with Gasteiger partial charge in [0, 0.05) is 20.2 Å². The summed E-state index contributed by atoms with van der Waals surface area (Å²) in [4.78, 5) is 14.2. The van der Waals surface area contributed by atoms with Gasteiger partial charge in [0.2, 0.25) is 0 Å². The first-order valence-corrected chi connectivity index (χ1v) is 7.59. The van der Waals surface area contributed by atoms with E-state index in [1.807, 2.05) is 41.8 Å². The Morgan fingerprint density at radius 2 is 2.04 bits per heavy atom. The zero-order valence-corrected chi connectivity index (χ0v) is 13.3. The minimum atomic E-state index is -0.131. The lowest BCUT2D eigenvalue weighted by atomic mass is 10.2. The monoisotopic (exact) mass is 316 g/mol. The van der Waals surface area contributed by atoms with Crippen LogP contribution < -0.4 is 4.74 Å². The molecule has 0 fully saturated rings. The minimum absolute atomic E-state index is 0.0212. The molecule has 0 bridgehead atoms. The molecular formula is C16H20N4O3. The Kier molecular flexibility index (Phi) is 4.57. The van der Waals surface area contributed by atoms with Crippen molar-refractivity contribution < 1.29 is 14.3 Å². The number of para-hydroxylation sites is 1. The van der Waals surface area contributed by atoms with Crippen LogP contribution in [0.5, 0.6) is 5.75 Å². The normalized spacial score (nSPS) is 17.0. The molecule has 0 radical (unpaired) electrons. The van der Waals surface area contributed by atoms with E-state index in [9.17, 15) is 4.79 Å². The van der Waals surface area contributed by atoms with Crippen molar-refractivity contribution in [2.45, 2.75) is 26.1 Å². The van der Waals surface area contributed by atoms with E-state index in [0.717, 1.165) is 11.6 Å². The number of benzene rings is 1. The molecule has 1 aromatic heterocycles. The van der Waals surface area contributed by atoms with Crippen molar-refractivity contribution in [1.82, 2.24) is 19.7 Å². The topological polar surface area (TPSA) is 69.5 Å². The maximum absolute atomic E-state index is 12.4. The average molecular weight is 316 g/mol. The van der Waals surface area contributed by atoms with E-state index in [-0.39, 0.29) is 18.6 Å². The second kappa shape index (κ2) is 6.78. The van der Waals surface area contributed by atoms with Crippen molar-refractivity contribution >= 4 is 5.91 Å². The summed E-state index contributed by atoms with van der Waals surface area (Å²) in [6.07, 6.45) is 0. The lowest BCUT2D eigenvalue weighted by Crippen LogP contribution is -2.43. The lowest BCUT2D eigenvalue weighted by molar-refractivity contribution is -0.136. The van der Waals surface area contributed by atoms with Crippen molar-refractivity contribution in [3.05, 3.63) is 42.0 Å². The molecule has 0 saturated carbocycles. The second-order valence-electron chi connectivity index (χ2n) is 5.42. The lowest BCUT2D eigenvalue weighted by Gasteiger charge is -2.33. The molecule has 1 aliphatic heterocycles. The van der Waals surface area contributed by atoms with Gasteiger partial charge < -0.3 is 18.9 Å². The van der Waals surface area contributed by atoms with Crippen LogP contribution in [-0.2, 0) is 22.7 Å². The SMILES string of the molecule is COCc1nnc2n1CCN(C(=O)COc1ccccc1)C2C. The van der Waals surface area contributed by atoms with Crippen LogP contribution in [0, 0.1) is 0 Å². The van der Waals surface area contributed by atoms with Gasteiger partial charge in [-0.25, -0.2) is 0 Å². The predicted octanol–water partition coefficient (Wildman–Crippen LogP) is 1.41. The molecule has 0 aliphatic carbocycles. The molecule has 1 atom stereocenters. The van der Waals surface area contributed by atoms with Crippen LogP contribution in [0.2, 0.25) is 0 Å². The largest absolute Gasteiger partial charge is 0.484 e. The number of aromatic nitrogens is 3. The summed E-state index contributed by atoms with van der Waals surface area (Å²) in [6.45, 7) is 3.68. The second-order valence-corrected chi connectivity index (χ2v) is 5.42. The van der Waals surface area contributed by atoms with Gasteiger partial charge in [-0.05, 0) is 19.1 Å². The van der Waals surface area contributed by atoms with Gasteiger partial charge >= 0.3 is 0 Å². The third-order valence-electron chi connectivity index (χ3n) is 3.96. The van der Waals surface area contributed by atoms with Gasteiger partial charge in [0.1, 0.15) is 12.4 Å². The van der Waals surface area contributed by atoms with E-state index in [1.54, 1.807) is 12.0 Å². The summed E-state index contributed by atoms with van der Waals surface area (Å²) < 4.78 is 12.7. The van der Waals surface area contributed by atoms with Crippen molar-refractivity contribution in [2.75, 3.05) is 20.3 Å². The molecule has 0 spiro atoms. The number of rotatable bonds is 5. The van der Waals surface area contributed by atoms with Crippen molar-refractivity contribution in [3.63, 3.8) is 0 Å². The molecule has 2 heterocycles. The van der Waals surface area contributed by atoms with Crippen molar-refractivity contribution in [2.24, 2.45) is 0 Å². The first-order chi connectivity index (χ1) is 11.2. The molecule has 0 saturated heterocycles. The molecule has 3 rings (SSSR count). The van der Waals surface area contributed by atoms with Gasteiger partial charge in [-0.1, -0.05) is 18.2 Å². The summed E-state index contributed by atoms with van der Waals surface area (Å²) >= 11 is 0. The van der Waals surface area contributed by atoms with Crippen LogP contribution in [0.3, 0.4) is 0 Å². The highest BCUT2D eigenvalue weighted by Gasteiger charge is 2.31. The van der Waals surface area contributed by atoms with E-state index in [0.29, 0.717) is 25.4 Å². The van der Waals surface area contributed by atoms with Crippen LogP contribution in [0.1, 0.15) is 24.6 Å². The number of hydrogen-bond donors (Lipinski definition) is 0. The van der Waals surface area contributed by atoms with Crippen LogP contribution in [-0.4, -0.2) is 45.8 Å². The third-order valence-corrected chi connectivity index (χ3v) is 3.96. The third kappa shape index (κ3) is 3.19. The smallest absolute Gasteiger partial charge is 0.261 e. The summed E-state index contributed by atoms with van der Waals surface area (Å²) in [5.41, 5.74) is 0. The average Bonchev–Trinajstić information content (AvgIpc) is 2.98. The standard InChI is InChI=1S/C16H20N4O3/c1-12-16-18-17-14(10-22-2)20(16)9-8-19(12)15(21)11-23-13-6-4-3-5-7-13/h3-7,12H,8-11H2,1-2H3. The van der Waals surface area contributed by atoms with Crippen LogP contribution in [0.25, 0.3) is 0 Å². The fraction of sp³-hybridized carbons (Fsp3) is 0.438. The fourth-order valence-corrected chi connectivity index (χ4v) is 2.76.